The standard InChI is InChI=1S/C19H27N3O2S/c1-5-17(14-6-8-16(24-4)9-7-14)22-19(23)20-11-10-15-12-25-18(21-15)13(2)3/h6-9,12-13,17H,5,10-11H2,1-4H3,(H2,20,22,23). The van der Waals surface area contributed by atoms with E-state index >= 15 is 0 Å². The van der Waals surface area contributed by atoms with Crippen LogP contribution in [0.4, 0.5) is 4.79 Å². The highest BCUT2D eigenvalue weighted by Gasteiger charge is 2.13. The molecule has 1 heterocycles. The molecule has 136 valence electrons. The van der Waals surface area contributed by atoms with Gasteiger partial charge in [0.15, 0.2) is 0 Å². The number of nitrogens with one attached hydrogen (secondary N) is 2. The zero-order valence-electron chi connectivity index (χ0n) is 15.3. The van der Waals surface area contributed by atoms with Crippen molar-refractivity contribution in [3.63, 3.8) is 0 Å². The molecule has 1 aromatic heterocycles. The summed E-state index contributed by atoms with van der Waals surface area (Å²) in [7, 11) is 1.64. The summed E-state index contributed by atoms with van der Waals surface area (Å²) in [5.41, 5.74) is 2.11. The minimum Gasteiger partial charge on any atom is -0.497 e. The van der Waals surface area contributed by atoms with Crippen molar-refractivity contribution in [2.45, 2.75) is 45.6 Å². The van der Waals surface area contributed by atoms with Crippen LogP contribution < -0.4 is 15.4 Å². The molecule has 2 amide bonds. The lowest BCUT2D eigenvalue weighted by atomic mass is 10.0. The van der Waals surface area contributed by atoms with Gasteiger partial charge in [-0.1, -0.05) is 32.9 Å². The second kappa shape index (κ2) is 9.42. The molecule has 0 aliphatic heterocycles. The quantitative estimate of drug-likeness (QED) is 0.738. The number of thiazole rings is 1. The second-order valence-electron chi connectivity index (χ2n) is 6.22. The van der Waals surface area contributed by atoms with Crippen LogP contribution in [-0.2, 0) is 6.42 Å². The Kier molecular flexibility index (Phi) is 7.25. The number of methoxy groups -OCH3 is 1. The van der Waals surface area contributed by atoms with E-state index in [1.54, 1.807) is 18.4 Å². The van der Waals surface area contributed by atoms with Gasteiger partial charge < -0.3 is 15.4 Å². The zero-order chi connectivity index (χ0) is 18.2. The van der Waals surface area contributed by atoms with E-state index in [-0.39, 0.29) is 12.1 Å². The van der Waals surface area contributed by atoms with E-state index in [9.17, 15) is 4.79 Å². The molecule has 0 fully saturated rings. The average molecular weight is 362 g/mol. The number of carbonyl (C=O) groups is 1. The van der Waals surface area contributed by atoms with Gasteiger partial charge in [0, 0.05) is 24.3 Å². The Morgan fingerprint density at radius 2 is 2.00 bits per heavy atom. The summed E-state index contributed by atoms with van der Waals surface area (Å²) < 4.78 is 5.17. The third-order valence-corrected chi connectivity index (χ3v) is 5.16. The van der Waals surface area contributed by atoms with Crippen molar-refractivity contribution in [3.05, 3.63) is 45.9 Å². The molecule has 0 spiro atoms. The number of hydrogen-bond acceptors (Lipinski definition) is 4. The SMILES string of the molecule is CCC(NC(=O)NCCc1csc(C(C)C)n1)c1ccc(OC)cc1. The fraction of sp³-hybridized carbons (Fsp3) is 0.474. The van der Waals surface area contributed by atoms with Gasteiger partial charge in [-0.05, 0) is 24.1 Å². The first-order valence-electron chi connectivity index (χ1n) is 8.66. The van der Waals surface area contributed by atoms with Crippen LogP contribution in [0.3, 0.4) is 0 Å². The fourth-order valence-corrected chi connectivity index (χ4v) is 3.34. The summed E-state index contributed by atoms with van der Waals surface area (Å²) in [6.45, 7) is 6.90. The molecule has 0 bridgehead atoms. The number of urea groups is 1. The Balaban J connectivity index is 1.80. The highest BCUT2D eigenvalue weighted by atomic mass is 32.1. The second-order valence-corrected chi connectivity index (χ2v) is 7.11. The van der Waals surface area contributed by atoms with Gasteiger partial charge in [-0.3, -0.25) is 0 Å². The molecule has 2 N–H and O–H groups in total. The zero-order valence-corrected chi connectivity index (χ0v) is 16.2. The molecule has 5 nitrogen and oxygen atoms in total. The molecule has 6 heteroatoms. The Morgan fingerprint density at radius 1 is 1.28 bits per heavy atom. The van der Waals surface area contributed by atoms with Crippen molar-refractivity contribution in [3.8, 4) is 5.75 Å². The van der Waals surface area contributed by atoms with E-state index in [1.165, 1.54) is 0 Å². The molecule has 2 rings (SSSR count). The number of amides is 2. The summed E-state index contributed by atoms with van der Waals surface area (Å²) in [4.78, 5) is 16.7. The van der Waals surface area contributed by atoms with E-state index in [0.717, 1.165) is 34.9 Å². The van der Waals surface area contributed by atoms with Gasteiger partial charge in [-0.2, -0.15) is 0 Å². The average Bonchev–Trinajstić information content (AvgIpc) is 3.09. The van der Waals surface area contributed by atoms with Crippen molar-refractivity contribution in [1.82, 2.24) is 15.6 Å². The molecule has 1 aromatic carbocycles. The van der Waals surface area contributed by atoms with Gasteiger partial charge in [-0.15, -0.1) is 11.3 Å². The molecular weight excluding hydrogens is 334 g/mol. The molecule has 0 aliphatic carbocycles. The predicted octanol–water partition coefficient (Wildman–Crippen LogP) is 4.27. The summed E-state index contributed by atoms with van der Waals surface area (Å²) in [6, 6.07) is 7.62. The van der Waals surface area contributed by atoms with E-state index in [4.69, 9.17) is 4.74 Å². The third kappa shape index (κ3) is 5.74. The molecule has 1 atom stereocenters. The van der Waals surface area contributed by atoms with Crippen LogP contribution >= 0.6 is 11.3 Å². The number of nitrogens with zero attached hydrogens (tertiary/aromatic N) is 1. The maximum Gasteiger partial charge on any atom is 0.315 e. The molecular formula is C19H27N3O2S. The van der Waals surface area contributed by atoms with E-state index in [1.807, 2.05) is 24.3 Å². The molecule has 1 unspecified atom stereocenters. The Morgan fingerprint density at radius 3 is 2.56 bits per heavy atom. The van der Waals surface area contributed by atoms with Gasteiger partial charge >= 0.3 is 6.03 Å². The molecule has 0 radical (unpaired) electrons. The first-order valence-corrected chi connectivity index (χ1v) is 9.54. The maximum atomic E-state index is 12.1. The Hall–Kier alpha value is -2.08. The normalized spacial score (nSPS) is 12.0. The van der Waals surface area contributed by atoms with Crippen molar-refractivity contribution >= 4 is 17.4 Å². The lowest BCUT2D eigenvalue weighted by Crippen LogP contribution is -2.38. The van der Waals surface area contributed by atoms with Crippen LogP contribution in [0, 0.1) is 0 Å². The Labute approximate surface area is 153 Å². The lowest BCUT2D eigenvalue weighted by molar-refractivity contribution is 0.237. The fourth-order valence-electron chi connectivity index (χ4n) is 2.47. The summed E-state index contributed by atoms with van der Waals surface area (Å²) >= 11 is 1.68. The summed E-state index contributed by atoms with van der Waals surface area (Å²) in [5, 5.41) is 9.15. The largest absolute Gasteiger partial charge is 0.497 e. The van der Waals surface area contributed by atoms with Crippen molar-refractivity contribution in [1.29, 1.82) is 0 Å². The predicted molar refractivity (Wildman–Crippen MR) is 102 cm³/mol. The van der Waals surface area contributed by atoms with Crippen LogP contribution in [0.1, 0.15) is 55.4 Å². The van der Waals surface area contributed by atoms with Crippen molar-refractivity contribution in [2.24, 2.45) is 0 Å². The summed E-state index contributed by atoms with van der Waals surface area (Å²) in [5.74, 6) is 1.26. The first-order chi connectivity index (χ1) is 12.0. The molecule has 0 saturated carbocycles. The minimum atomic E-state index is -0.151. The van der Waals surface area contributed by atoms with Gasteiger partial charge in [0.05, 0.1) is 23.9 Å². The van der Waals surface area contributed by atoms with Crippen LogP contribution in [0.2, 0.25) is 0 Å². The number of benzene rings is 1. The van der Waals surface area contributed by atoms with Crippen LogP contribution in [0.5, 0.6) is 5.75 Å². The Bertz CT molecular complexity index is 668. The van der Waals surface area contributed by atoms with Crippen molar-refractivity contribution < 1.29 is 9.53 Å². The number of rotatable bonds is 8. The smallest absolute Gasteiger partial charge is 0.315 e. The monoisotopic (exact) mass is 361 g/mol. The maximum absolute atomic E-state index is 12.1. The number of ether oxygens (including phenoxy) is 1. The van der Waals surface area contributed by atoms with Gasteiger partial charge in [-0.25, -0.2) is 9.78 Å². The van der Waals surface area contributed by atoms with Crippen molar-refractivity contribution in [2.75, 3.05) is 13.7 Å². The van der Waals surface area contributed by atoms with Crippen LogP contribution in [0.15, 0.2) is 29.6 Å². The van der Waals surface area contributed by atoms with Gasteiger partial charge in [0.2, 0.25) is 0 Å². The highest BCUT2D eigenvalue weighted by Crippen LogP contribution is 2.20. The first kappa shape index (κ1) is 19.2. The number of carbonyl (C=O) groups excluding carboxylic acids is 1. The number of hydrogen-bond donors (Lipinski definition) is 2. The topological polar surface area (TPSA) is 63.2 Å². The van der Waals surface area contributed by atoms with E-state index in [2.05, 4.69) is 41.8 Å². The van der Waals surface area contributed by atoms with E-state index < -0.39 is 0 Å². The molecule has 0 aliphatic rings. The lowest BCUT2D eigenvalue weighted by Gasteiger charge is -2.18. The molecule has 0 saturated heterocycles. The summed E-state index contributed by atoms with van der Waals surface area (Å²) in [6.07, 6.45) is 1.57. The molecule has 25 heavy (non-hydrogen) atoms. The van der Waals surface area contributed by atoms with Gasteiger partial charge in [0.1, 0.15) is 5.75 Å². The third-order valence-electron chi connectivity index (χ3n) is 3.96. The van der Waals surface area contributed by atoms with Crippen LogP contribution in [-0.4, -0.2) is 24.7 Å². The minimum absolute atomic E-state index is 0.0160. The highest BCUT2D eigenvalue weighted by molar-refractivity contribution is 7.09. The van der Waals surface area contributed by atoms with E-state index in [0.29, 0.717) is 12.5 Å². The van der Waals surface area contributed by atoms with Crippen LogP contribution in [0.25, 0.3) is 0 Å². The molecule has 2 aromatic rings. The van der Waals surface area contributed by atoms with Gasteiger partial charge in [0.25, 0.3) is 0 Å². The number of aromatic nitrogens is 1.